The summed E-state index contributed by atoms with van der Waals surface area (Å²) < 4.78 is 41.8. The minimum Gasteiger partial charge on any atom is -0.329 e. The lowest BCUT2D eigenvalue weighted by Crippen LogP contribution is -2.04. The van der Waals surface area contributed by atoms with Crippen LogP contribution in [-0.2, 0) is 6.18 Å². The molecule has 0 amide bonds. The van der Waals surface area contributed by atoms with Gasteiger partial charge in [-0.1, -0.05) is 5.16 Å². The Balaban J connectivity index is 2.03. The molecule has 9 heteroatoms. The van der Waals surface area contributed by atoms with Gasteiger partial charge in [-0.15, -0.1) is 0 Å². The topological polar surface area (TPSA) is 77.6 Å². The van der Waals surface area contributed by atoms with E-state index in [2.05, 4.69) is 29.6 Å². The molecule has 0 aliphatic rings. The second kappa shape index (κ2) is 5.41. The van der Waals surface area contributed by atoms with Crippen LogP contribution in [0.5, 0.6) is 0 Å². The number of pyridine rings is 1. The molecule has 0 fully saturated rings. The summed E-state index contributed by atoms with van der Waals surface area (Å²) >= 11 is 0. The van der Waals surface area contributed by atoms with E-state index in [1.54, 1.807) is 19.2 Å². The third kappa shape index (κ3) is 3.03. The van der Waals surface area contributed by atoms with Gasteiger partial charge >= 0.3 is 12.1 Å². The third-order valence-electron chi connectivity index (χ3n) is 3.02. The molecular weight excluding hydrogens is 311 g/mol. The number of aryl methyl sites for hydroxylation is 2. The third-order valence-corrected chi connectivity index (χ3v) is 3.02. The number of aromatic nitrogens is 5. The number of halogens is 3. The number of nitrogens with zero attached hydrogens (tertiary/aromatic N) is 5. The number of alkyl halides is 3. The smallest absolute Gasteiger partial charge is 0.329 e. The van der Waals surface area contributed by atoms with Gasteiger partial charge in [0, 0.05) is 18.0 Å². The van der Waals surface area contributed by atoms with Crippen LogP contribution in [0.2, 0.25) is 0 Å². The van der Waals surface area contributed by atoms with Gasteiger partial charge in [0.1, 0.15) is 5.82 Å². The summed E-state index contributed by atoms with van der Waals surface area (Å²) in [4.78, 5) is 15.9. The molecule has 3 aromatic heterocycles. The van der Waals surface area contributed by atoms with Gasteiger partial charge in [0.2, 0.25) is 5.82 Å². The van der Waals surface area contributed by atoms with Gasteiger partial charge in [-0.2, -0.15) is 18.2 Å². The average Bonchev–Trinajstić information content (AvgIpc) is 3.00. The van der Waals surface area contributed by atoms with Crippen LogP contribution in [0.15, 0.2) is 29.0 Å². The lowest BCUT2D eigenvalue weighted by molar-refractivity contribution is -0.159. The maximum Gasteiger partial charge on any atom is 0.471 e. The highest BCUT2D eigenvalue weighted by atomic mass is 19.4. The maximum atomic E-state index is 12.5. The van der Waals surface area contributed by atoms with Gasteiger partial charge in [0.15, 0.2) is 0 Å². The lowest BCUT2D eigenvalue weighted by atomic mass is 10.1. The first-order valence-electron chi connectivity index (χ1n) is 6.52. The van der Waals surface area contributed by atoms with Crippen molar-refractivity contribution < 1.29 is 17.7 Å². The van der Waals surface area contributed by atoms with E-state index in [0.717, 1.165) is 5.56 Å². The summed E-state index contributed by atoms with van der Waals surface area (Å²) in [5.74, 6) is -0.985. The highest BCUT2D eigenvalue weighted by Crippen LogP contribution is 2.30. The van der Waals surface area contributed by atoms with Gasteiger partial charge < -0.3 is 4.52 Å². The molecule has 0 aromatic carbocycles. The van der Waals surface area contributed by atoms with E-state index in [1.807, 2.05) is 6.92 Å². The van der Waals surface area contributed by atoms with Gasteiger partial charge in [0.05, 0.1) is 11.4 Å². The predicted molar refractivity (Wildman–Crippen MR) is 73.0 cm³/mol. The van der Waals surface area contributed by atoms with E-state index < -0.39 is 12.1 Å². The van der Waals surface area contributed by atoms with Crippen LogP contribution in [0.4, 0.5) is 13.2 Å². The SMILES string of the molecule is Cc1ncc(C)c(-c2cc(-c3noc(C(F)(F)F)n3)ccn2)n1. The van der Waals surface area contributed by atoms with E-state index >= 15 is 0 Å². The van der Waals surface area contributed by atoms with Gasteiger partial charge in [-0.3, -0.25) is 4.98 Å². The molecule has 118 valence electrons. The van der Waals surface area contributed by atoms with E-state index in [1.165, 1.54) is 12.3 Å². The first-order chi connectivity index (χ1) is 10.8. The molecular formula is C14H10F3N5O. The zero-order valence-corrected chi connectivity index (χ0v) is 12.1. The minimum absolute atomic E-state index is 0.163. The van der Waals surface area contributed by atoms with Crippen molar-refractivity contribution in [3.05, 3.63) is 41.8 Å². The van der Waals surface area contributed by atoms with Crippen LogP contribution in [0, 0.1) is 13.8 Å². The fourth-order valence-corrected chi connectivity index (χ4v) is 1.94. The molecule has 3 aromatic rings. The fraction of sp³-hybridized carbons (Fsp3) is 0.214. The molecule has 3 rings (SSSR count). The Bertz CT molecular complexity index is 860. The summed E-state index contributed by atoms with van der Waals surface area (Å²) in [7, 11) is 0. The zero-order chi connectivity index (χ0) is 16.6. The van der Waals surface area contributed by atoms with Crippen molar-refractivity contribution in [1.82, 2.24) is 25.1 Å². The van der Waals surface area contributed by atoms with E-state index in [9.17, 15) is 13.2 Å². The van der Waals surface area contributed by atoms with Crippen molar-refractivity contribution in [3.8, 4) is 22.8 Å². The van der Waals surface area contributed by atoms with Crippen LogP contribution >= 0.6 is 0 Å². The highest BCUT2D eigenvalue weighted by Gasteiger charge is 2.38. The highest BCUT2D eigenvalue weighted by molar-refractivity contribution is 5.65. The molecule has 0 bridgehead atoms. The maximum absolute atomic E-state index is 12.5. The van der Waals surface area contributed by atoms with Crippen molar-refractivity contribution >= 4 is 0 Å². The largest absolute Gasteiger partial charge is 0.471 e. The molecule has 0 N–H and O–H groups in total. The van der Waals surface area contributed by atoms with Crippen molar-refractivity contribution in [2.45, 2.75) is 20.0 Å². The van der Waals surface area contributed by atoms with Crippen molar-refractivity contribution in [1.29, 1.82) is 0 Å². The normalized spacial score (nSPS) is 11.7. The Morgan fingerprint density at radius 1 is 1.09 bits per heavy atom. The molecule has 0 atom stereocenters. The molecule has 6 nitrogen and oxygen atoms in total. The first-order valence-corrected chi connectivity index (χ1v) is 6.52. The van der Waals surface area contributed by atoms with Crippen molar-refractivity contribution in [2.75, 3.05) is 0 Å². The van der Waals surface area contributed by atoms with Gasteiger partial charge in [0.25, 0.3) is 0 Å². The second-order valence-corrected chi connectivity index (χ2v) is 4.80. The van der Waals surface area contributed by atoms with Gasteiger partial charge in [-0.25, -0.2) is 9.97 Å². The number of rotatable bonds is 2. The Morgan fingerprint density at radius 2 is 1.87 bits per heavy atom. The summed E-state index contributed by atoms with van der Waals surface area (Å²) in [6, 6.07) is 3.05. The number of hydrogen-bond acceptors (Lipinski definition) is 6. The van der Waals surface area contributed by atoms with Crippen molar-refractivity contribution in [2.24, 2.45) is 0 Å². The first kappa shape index (κ1) is 15.1. The molecule has 0 saturated heterocycles. The molecule has 0 aliphatic heterocycles. The lowest BCUT2D eigenvalue weighted by Gasteiger charge is -2.05. The van der Waals surface area contributed by atoms with Crippen LogP contribution in [-0.4, -0.2) is 25.1 Å². The Kier molecular flexibility index (Phi) is 3.55. The Hall–Kier alpha value is -2.84. The van der Waals surface area contributed by atoms with Crippen LogP contribution in [0.25, 0.3) is 22.8 Å². The molecule has 0 aliphatic carbocycles. The molecule has 0 radical (unpaired) electrons. The van der Waals surface area contributed by atoms with Gasteiger partial charge in [-0.05, 0) is 31.5 Å². The summed E-state index contributed by atoms with van der Waals surface area (Å²) in [6.45, 7) is 3.56. The fourth-order valence-electron chi connectivity index (χ4n) is 1.94. The van der Waals surface area contributed by atoms with E-state index in [0.29, 0.717) is 22.8 Å². The summed E-state index contributed by atoms with van der Waals surface area (Å²) in [5.41, 5.74) is 2.23. The minimum atomic E-state index is -4.68. The molecule has 0 saturated carbocycles. The van der Waals surface area contributed by atoms with E-state index in [-0.39, 0.29) is 5.82 Å². The summed E-state index contributed by atoms with van der Waals surface area (Å²) in [6.07, 6.45) is -1.57. The van der Waals surface area contributed by atoms with Crippen molar-refractivity contribution in [3.63, 3.8) is 0 Å². The van der Waals surface area contributed by atoms with Crippen LogP contribution in [0.3, 0.4) is 0 Å². The molecule has 0 unspecified atom stereocenters. The van der Waals surface area contributed by atoms with Crippen LogP contribution in [0.1, 0.15) is 17.3 Å². The van der Waals surface area contributed by atoms with Crippen LogP contribution < -0.4 is 0 Å². The summed E-state index contributed by atoms with van der Waals surface area (Å²) in [5, 5.41) is 3.36. The average molecular weight is 321 g/mol. The standard InChI is InChI=1S/C14H10F3N5O/c1-7-6-19-8(2)20-11(7)10-5-9(3-4-18-10)12-21-13(23-22-12)14(15,16)17/h3-6H,1-2H3. The second-order valence-electron chi connectivity index (χ2n) is 4.80. The Labute approximate surface area is 128 Å². The molecule has 3 heterocycles. The predicted octanol–water partition coefficient (Wildman–Crippen LogP) is 3.22. The van der Waals surface area contributed by atoms with E-state index in [4.69, 9.17) is 0 Å². The zero-order valence-electron chi connectivity index (χ0n) is 12.1. The monoisotopic (exact) mass is 321 g/mol. The Morgan fingerprint density at radius 3 is 2.57 bits per heavy atom. The molecule has 23 heavy (non-hydrogen) atoms. The molecule has 0 spiro atoms. The number of hydrogen-bond donors (Lipinski definition) is 0. The quantitative estimate of drug-likeness (QED) is 0.721.